The van der Waals surface area contributed by atoms with Gasteiger partial charge in [0.25, 0.3) is 0 Å². The molecule has 2 aromatic rings. The van der Waals surface area contributed by atoms with Crippen LogP contribution in [0.4, 0.5) is 4.79 Å². The number of carbonyl (C=O) groups is 1. The fourth-order valence-corrected chi connectivity index (χ4v) is 2.91. The standard InChI is InChI=1S/C16H23N5O3/c1-12(22)9-13-11-21(19-18-13)14-4-6-20(7-5-14)16(23)17-10-15-3-2-8-24-15/h2-3,8,11-12,14,22H,4-7,9-10H2,1H3,(H,17,23)/t12-/m0/s1. The molecule has 0 saturated carbocycles. The minimum absolute atomic E-state index is 0.0711. The van der Waals surface area contributed by atoms with E-state index in [2.05, 4.69) is 15.6 Å². The number of furan rings is 1. The highest BCUT2D eigenvalue weighted by Crippen LogP contribution is 2.22. The number of urea groups is 1. The van der Waals surface area contributed by atoms with Crippen LogP contribution in [0.2, 0.25) is 0 Å². The summed E-state index contributed by atoms with van der Waals surface area (Å²) >= 11 is 0. The second-order valence-corrected chi connectivity index (χ2v) is 6.20. The van der Waals surface area contributed by atoms with Crippen molar-refractivity contribution in [2.75, 3.05) is 13.1 Å². The Labute approximate surface area is 140 Å². The van der Waals surface area contributed by atoms with Gasteiger partial charge in [0.05, 0.1) is 30.6 Å². The topological polar surface area (TPSA) is 96.4 Å². The molecule has 24 heavy (non-hydrogen) atoms. The van der Waals surface area contributed by atoms with Crippen molar-refractivity contribution in [3.05, 3.63) is 36.0 Å². The smallest absolute Gasteiger partial charge is 0.317 e. The van der Waals surface area contributed by atoms with E-state index < -0.39 is 6.10 Å². The summed E-state index contributed by atoms with van der Waals surface area (Å²) < 4.78 is 7.06. The third-order valence-electron chi connectivity index (χ3n) is 4.18. The average molecular weight is 333 g/mol. The number of piperidine rings is 1. The van der Waals surface area contributed by atoms with Crippen LogP contribution in [0.5, 0.6) is 0 Å². The Balaban J connectivity index is 1.46. The van der Waals surface area contributed by atoms with Crippen LogP contribution in [-0.4, -0.2) is 50.2 Å². The molecule has 3 heterocycles. The Morgan fingerprint density at radius 1 is 1.50 bits per heavy atom. The summed E-state index contributed by atoms with van der Waals surface area (Å²) in [5.41, 5.74) is 0.795. The molecule has 1 aliphatic heterocycles. The summed E-state index contributed by atoms with van der Waals surface area (Å²) in [4.78, 5) is 14.0. The first-order valence-electron chi connectivity index (χ1n) is 8.25. The second kappa shape index (κ2) is 7.48. The van der Waals surface area contributed by atoms with Crippen LogP contribution in [-0.2, 0) is 13.0 Å². The number of rotatable bonds is 5. The molecule has 1 saturated heterocycles. The summed E-state index contributed by atoms with van der Waals surface area (Å²) in [6.07, 6.45) is 5.25. The Morgan fingerprint density at radius 2 is 2.29 bits per heavy atom. The van der Waals surface area contributed by atoms with Gasteiger partial charge in [-0.15, -0.1) is 5.10 Å². The fourth-order valence-electron chi connectivity index (χ4n) is 2.91. The van der Waals surface area contributed by atoms with E-state index in [4.69, 9.17) is 4.42 Å². The molecule has 0 aliphatic carbocycles. The van der Waals surface area contributed by atoms with Crippen molar-refractivity contribution in [2.24, 2.45) is 0 Å². The zero-order valence-electron chi connectivity index (χ0n) is 13.8. The second-order valence-electron chi connectivity index (χ2n) is 6.20. The summed E-state index contributed by atoms with van der Waals surface area (Å²) in [5, 5.41) is 20.5. The number of amides is 2. The number of likely N-dealkylation sites (tertiary alicyclic amines) is 1. The number of carbonyl (C=O) groups excluding carboxylic acids is 1. The van der Waals surface area contributed by atoms with Crippen molar-refractivity contribution in [1.82, 2.24) is 25.2 Å². The molecule has 130 valence electrons. The van der Waals surface area contributed by atoms with E-state index in [1.807, 2.05) is 21.8 Å². The van der Waals surface area contributed by atoms with Gasteiger partial charge in [0.15, 0.2) is 0 Å². The first-order chi connectivity index (χ1) is 11.6. The zero-order valence-corrected chi connectivity index (χ0v) is 13.8. The summed E-state index contributed by atoms with van der Waals surface area (Å²) in [6.45, 7) is 3.50. The lowest BCUT2D eigenvalue weighted by Crippen LogP contribution is -2.44. The molecule has 8 heteroatoms. The van der Waals surface area contributed by atoms with Crippen LogP contribution in [0, 0.1) is 0 Å². The van der Waals surface area contributed by atoms with Gasteiger partial charge in [0.2, 0.25) is 0 Å². The van der Waals surface area contributed by atoms with E-state index >= 15 is 0 Å². The quantitative estimate of drug-likeness (QED) is 0.861. The first-order valence-corrected chi connectivity index (χ1v) is 8.25. The van der Waals surface area contributed by atoms with Crippen molar-refractivity contribution >= 4 is 6.03 Å². The lowest BCUT2D eigenvalue weighted by Gasteiger charge is -2.31. The average Bonchev–Trinajstić information content (AvgIpc) is 3.24. The largest absolute Gasteiger partial charge is 0.467 e. The number of aliphatic hydroxyl groups is 1. The molecule has 1 atom stereocenters. The molecule has 0 aromatic carbocycles. The van der Waals surface area contributed by atoms with Crippen molar-refractivity contribution < 1.29 is 14.3 Å². The van der Waals surface area contributed by atoms with Crippen LogP contribution < -0.4 is 5.32 Å². The predicted octanol–water partition coefficient (Wildman–Crippen LogP) is 1.34. The normalized spacial score (nSPS) is 17.0. The molecular formula is C16H23N5O3. The molecule has 0 bridgehead atoms. The highest BCUT2D eigenvalue weighted by molar-refractivity contribution is 5.74. The van der Waals surface area contributed by atoms with E-state index in [0.717, 1.165) is 24.3 Å². The number of aromatic nitrogens is 3. The van der Waals surface area contributed by atoms with Crippen molar-refractivity contribution in [1.29, 1.82) is 0 Å². The van der Waals surface area contributed by atoms with Crippen LogP contribution in [0.15, 0.2) is 29.0 Å². The van der Waals surface area contributed by atoms with Gasteiger partial charge in [-0.05, 0) is 31.9 Å². The van der Waals surface area contributed by atoms with Gasteiger partial charge in [0.1, 0.15) is 5.76 Å². The van der Waals surface area contributed by atoms with Crippen LogP contribution in [0.1, 0.15) is 37.3 Å². The monoisotopic (exact) mass is 333 g/mol. The third-order valence-corrected chi connectivity index (χ3v) is 4.18. The highest BCUT2D eigenvalue weighted by atomic mass is 16.3. The molecule has 2 N–H and O–H groups in total. The SMILES string of the molecule is C[C@H](O)Cc1cn(C2CCN(C(=O)NCc3ccco3)CC2)nn1. The van der Waals surface area contributed by atoms with Gasteiger partial charge < -0.3 is 19.7 Å². The highest BCUT2D eigenvalue weighted by Gasteiger charge is 2.24. The molecule has 0 radical (unpaired) electrons. The number of hydrogen-bond donors (Lipinski definition) is 2. The van der Waals surface area contributed by atoms with E-state index in [9.17, 15) is 9.90 Å². The summed E-state index contributed by atoms with van der Waals surface area (Å²) in [6, 6.07) is 3.81. The molecule has 3 rings (SSSR count). The lowest BCUT2D eigenvalue weighted by molar-refractivity contribution is 0.167. The van der Waals surface area contributed by atoms with Gasteiger partial charge in [-0.3, -0.25) is 0 Å². The number of hydrogen-bond acceptors (Lipinski definition) is 5. The Hall–Kier alpha value is -2.35. The third kappa shape index (κ3) is 4.14. The maximum atomic E-state index is 12.2. The van der Waals surface area contributed by atoms with Crippen molar-refractivity contribution in [2.45, 2.75) is 44.9 Å². The Morgan fingerprint density at radius 3 is 2.96 bits per heavy atom. The van der Waals surface area contributed by atoms with Gasteiger partial charge >= 0.3 is 6.03 Å². The van der Waals surface area contributed by atoms with Crippen LogP contribution >= 0.6 is 0 Å². The van der Waals surface area contributed by atoms with Gasteiger partial charge in [-0.1, -0.05) is 5.21 Å². The molecule has 2 aromatic heterocycles. The summed E-state index contributed by atoms with van der Waals surface area (Å²) in [7, 11) is 0. The molecule has 0 spiro atoms. The van der Waals surface area contributed by atoms with Crippen LogP contribution in [0.3, 0.4) is 0 Å². The Kier molecular flexibility index (Phi) is 5.14. The maximum absolute atomic E-state index is 12.2. The Bertz CT molecular complexity index is 644. The minimum Gasteiger partial charge on any atom is -0.467 e. The van der Waals surface area contributed by atoms with E-state index in [1.165, 1.54) is 0 Å². The van der Waals surface area contributed by atoms with Crippen LogP contribution in [0.25, 0.3) is 0 Å². The van der Waals surface area contributed by atoms with Crippen molar-refractivity contribution in [3.63, 3.8) is 0 Å². The molecule has 1 aliphatic rings. The van der Waals surface area contributed by atoms with E-state index in [0.29, 0.717) is 26.1 Å². The number of nitrogens with zero attached hydrogens (tertiary/aromatic N) is 4. The summed E-state index contributed by atoms with van der Waals surface area (Å²) in [5.74, 6) is 0.742. The van der Waals surface area contributed by atoms with Gasteiger partial charge in [0, 0.05) is 25.7 Å². The van der Waals surface area contributed by atoms with Gasteiger partial charge in [-0.25, -0.2) is 9.48 Å². The molecule has 8 nitrogen and oxygen atoms in total. The predicted molar refractivity (Wildman–Crippen MR) is 86.2 cm³/mol. The minimum atomic E-state index is -0.421. The van der Waals surface area contributed by atoms with Gasteiger partial charge in [-0.2, -0.15) is 0 Å². The number of nitrogens with one attached hydrogen (secondary N) is 1. The first kappa shape index (κ1) is 16.5. The lowest BCUT2D eigenvalue weighted by atomic mass is 10.1. The number of aliphatic hydroxyl groups excluding tert-OH is 1. The molecule has 2 amide bonds. The van der Waals surface area contributed by atoms with E-state index in [1.54, 1.807) is 19.3 Å². The maximum Gasteiger partial charge on any atom is 0.317 e. The molecule has 0 unspecified atom stereocenters. The van der Waals surface area contributed by atoms with Crippen molar-refractivity contribution in [3.8, 4) is 0 Å². The molecule has 1 fully saturated rings. The fraction of sp³-hybridized carbons (Fsp3) is 0.562. The zero-order chi connectivity index (χ0) is 16.9. The van der Waals surface area contributed by atoms with E-state index in [-0.39, 0.29) is 12.1 Å². The molecular weight excluding hydrogens is 310 g/mol.